The molecule has 6 nitrogen and oxygen atoms in total. The first kappa shape index (κ1) is 19.3. The molecule has 0 saturated carbocycles. The lowest BCUT2D eigenvalue weighted by atomic mass is 10.2. The molecule has 0 saturated heterocycles. The summed E-state index contributed by atoms with van der Waals surface area (Å²) in [5, 5.41) is 9.37. The SMILES string of the molecule is CCOc1ccc(N(C(C)C(=O)O)S(=O)(=O)c2ccc(Br)cc2)cc1. The molecule has 2 aromatic rings. The smallest absolute Gasteiger partial charge is 0.327 e. The van der Waals surface area contributed by atoms with Crippen LogP contribution in [0.1, 0.15) is 13.8 Å². The molecule has 0 bridgehead atoms. The predicted octanol–water partition coefficient (Wildman–Crippen LogP) is 3.52. The second-order valence-electron chi connectivity index (χ2n) is 5.20. The summed E-state index contributed by atoms with van der Waals surface area (Å²) in [4.78, 5) is 11.5. The van der Waals surface area contributed by atoms with Crippen LogP contribution < -0.4 is 9.04 Å². The minimum Gasteiger partial charge on any atom is -0.494 e. The van der Waals surface area contributed by atoms with Crippen LogP contribution in [0, 0.1) is 0 Å². The Balaban J connectivity index is 2.52. The largest absolute Gasteiger partial charge is 0.494 e. The van der Waals surface area contributed by atoms with Crippen LogP contribution >= 0.6 is 15.9 Å². The summed E-state index contributed by atoms with van der Waals surface area (Å²) in [7, 11) is -4.05. The minimum atomic E-state index is -4.05. The first-order chi connectivity index (χ1) is 11.8. The highest BCUT2D eigenvalue weighted by Gasteiger charge is 2.33. The molecule has 0 fully saturated rings. The lowest BCUT2D eigenvalue weighted by Crippen LogP contribution is -2.43. The molecular formula is C17H18BrNO5S. The van der Waals surface area contributed by atoms with Gasteiger partial charge in [0.25, 0.3) is 10.0 Å². The van der Waals surface area contributed by atoms with Gasteiger partial charge >= 0.3 is 5.97 Å². The number of nitrogens with zero attached hydrogens (tertiary/aromatic N) is 1. The molecule has 0 aliphatic rings. The molecule has 1 atom stereocenters. The Bertz CT molecular complexity index is 834. The average molecular weight is 428 g/mol. The number of hydrogen-bond donors (Lipinski definition) is 1. The first-order valence-corrected chi connectivity index (χ1v) is 9.76. The number of rotatable bonds is 7. The van der Waals surface area contributed by atoms with Crippen LogP contribution in [0.25, 0.3) is 0 Å². The molecule has 1 unspecified atom stereocenters. The quantitative estimate of drug-likeness (QED) is 0.730. The van der Waals surface area contributed by atoms with Crippen molar-refractivity contribution in [2.75, 3.05) is 10.9 Å². The summed E-state index contributed by atoms with van der Waals surface area (Å²) in [6, 6.07) is 11.0. The molecule has 0 radical (unpaired) electrons. The number of aliphatic carboxylic acids is 1. The molecule has 0 aromatic heterocycles. The number of carboxylic acid groups (broad SMARTS) is 1. The molecule has 0 amide bonds. The van der Waals surface area contributed by atoms with Crippen LogP contribution in [0.4, 0.5) is 5.69 Å². The molecule has 2 rings (SSSR count). The predicted molar refractivity (Wildman–Crippen MR) is 98.5 cm³/mol. The van der Waals surface area contributed by atoms with Crippen molar-refractivity contribution in [3.8, 4) is 5.75 Å². The second kappa shape index (κ2) is 7.88. The van der Waals surface area contributed by atoms with Gasteiger partial charge in [0.15, 0.2) is 0 Å². The van der Waals surface area contributed by atoms with Gasteiger partial charge in [-0.1, -0.05) is 15.9 Å². The van der Waals surface area contributed by atoms with Gasteiger partial charge in [-0.25, -0.2) is 13.2 Å². The number of anilines is 1. The van der Waals surface area contributed by atoms with Crippen LogP contribution in [-0.2, 0) is 14.8 Å². The van der Waals surface area contributed by atoms with E-state index in [0.29, 0.717) is 12.4 Å². The third-order valence-electron chi connectivity index (χ3n) is 3.48. The number of ether oxygens (including phenoxy) is 1. The number of hydrogen-bond acceptors (Lipinski definition) is 4. The van der Waals surface area contributed by atoms with Crippen LogP contribution in [-0.4, -0.2) is 32.1 Å². The summed E-state index contributed by atoms with van der Waals surface area (Å²) in [6.45, 7) is 3.64. The van der Waals surface area contributed by atoms with Crippen molar-refractivity contribution in [2.24, 2.45) is 0 Å². The Morgan fingerprint density at radius 1 is 1.16 bits per heavy atom. The Morgan fingerprint density at radius 3 is 2.20 bits per heavy atom. The molecule has 25 heavy (non-hydrogen) atoms. The maximum atomic E-state index is 13.0. The van der Waals surface area contributed by atoms with Crippen molar-refractivity contribution in [3.63, 3.8) is 0 Å². The number of carboxylic acids is 1. The minimum absolute atomic E-state index is 0.0117. The summed E-state index contributed by atoms with van der Waals surface area (Å²) in [5.41, 5.74) is 0.251. The molecule has 134 valence electrons. The van der Waals surface area contributed by atoms with E-state index >= 15 is 0 Å². The highest BCUT2D eigenvalue weighted by atomic mass is 79.9. The summed E-state index contributed by atoms with van der Waals surface area (Å²) < 4.78 is 33.0. The monoisotopic (exact) mass is 427 g/mol. The van der Waals surface area contributed by atoms with Gasteiger partial charge in [-0.15, -0.1) is 0 Å². The highest BCUT2D eigenvalue weighted by molar-refractivity contribution is 9.10. The van der Waals surface area contributed by atoms with Crippen LogP contribution in [0.5, 0.6) is 5.75 Å². The third kappa shape index (κ3) is 4.32. The number of sulfonamides is 1. The zero-order valence-electron chi connectivity index (χ0n) is 13.7. The molecule has 2 aromatic carbocycles. The lowest BCUT2D eigenvalue weighted by molar-refractivity contribution is -0.137. The molecule has 0 heterocycles. The standard InChI is InChI=1S/C17H18BrNO5S/c1-3-24-15-8-6-14(7-9-15)19(12(2)17(20)21)25(22,23)16-10-4-13(18)5-11-16/h4-12H,3H2,1-2H3,(H,20,21). The fourth-order valence-electron chi connectivity index (χ4n) is 2.25. The van der Waals surface area contributed by atoms with E-state index in [-0.39, 0.29) is 10.6 Å². The first-order valence-electron chi connectivity index (χ1n) is 7.53. The number of benzene rings is 2. The van der Waals surface area contributed by atoms with E-state index in [9.17, 15) is 18.3 Å². The molecule has 0 aliphatic carbocycles. The van der Waals surface area contributed by atoms with Crippen molar-refractivity contribution in [1.82, 2.24) is 0 Å². The average Bonchev–Trinajstić information content (AvgIpc) is 2.57. The molecule has 0 aliphatic heterocycles. The van der Waals surface area contributed by atoms with Crippen molar-refractivity contribution >= 4 is 37.6 Å². The summed E-state index contributed by atoms with van der Waals surface area (Å²) in [5.74, 6) is -0.662. The van der Waals surface area contributed by atoms with E-state index in [1.165, 1.54) is 31.2 Å². The van der Waals surface area contributed by atoms with E-state index in [0.717, 1.165) is 8.78 Å². The van der Waals surface area contributed by atoms with Gasteiger partial charge in [0.1, 0.15) is 11.8 Å². The molecule has 0 spiro atoms. The van der Waals surface area contributed by atoms with Crippen molar-refractivity contribution in [1.29, 1.82) is 0 Å². The zero-order chi connectivity index (χ0) is 18.6. The molecule has 1 N–H and O–H groups in total. The van der Waals surface area contributed by atoms with Crippen molar-refractivity contribution in [3.05, 3.63) is 53.0 Å². The number of carbonyl (C=O) groups is 1. The van der Waals surface area contributed by atoms with Crippen LogP contribution in [0.15, 0.2) is 57.9 Å². The van der Waals surface area contributed by atoms with Crippen LogP contribution in [0.3, 0.4) is 0 Å². The zero-order valence-corrected chi connectivity index (χ0v) is 16.1. The molecular weight excluding hydrogens is 410 g/mol. The Morgan fingerprint density at radius 2 is 1.72 bits per heavy atom. The normalized spacial score (nSPS) is 12.4. The Hall–Kier alpha value is -2.06. The van der Waals surface area contributed by atoms with Gasteiger partial charge in [-0.05, 0) is 62.4 Å². The van der Waals surface area contributed by atoms with E-state index in [2.05, 4.69) is 15.9 Å². The maximum absolute atomic E-state index is 13.0. The van der Waals surface area contributed by atoms with Crippen molar-refractivity contribution in [2.45, 2.75) is 24.8 Å². The second-order valence-corrected chi connectivity index (χ2v) is 7.93. The van der Waals surface area contributed by atoms with Crippen LogP contribution in [0.2, 0.25) is 0 Å². The van der Waals surface area contributed by atoms with Gasteiger partial charge in [-0.2, -0.15) is 0 Å². The fraction of sp³-hybridized carbons (Fsp3) is 0.235. The highest BCUT2D eigenvalue weighted by Crippen LogP contribution is 2.28. The lowest BCUT2D eigenvalue weighted by Gasteiger charge is -2.28. The fourth-order valence-corrected chi connectivity index (χ4v) is 4.12. The van der Waals surface area contributed by atoms with Crippen molar-refractivity contribution < 1.29 is 23.1 Å². The van der Waals surface area contributed by atoms with Gasteiger partial charge in [0.05, 0.1) is 17.2 Å². The maximum Gasteiger partial charge on any atom is 0.327 e. The van der Waals surface area contributed by atoms with Gasteiger partial charge in [0.2, 0.25) is 0 Å². The van der Waals surface area contributed by atoms with Gasteiger partial charge in [0, 0.05) is 4.47 Å². The van der Waals surface area contributed by atoms with Gasteiger partial charge < -0.3 is 9.84 Å². The van der Waals surface area contributed by atoms with E-state index in [1.807, 2.05) is 6.92 Å². The number of halogens is 1. The van der Waals surface area contributed by atoms with Gasteiger partial charge in [-0.3, -0.25) is 4.31 Å². The van der Waals surface area contributed by atoms with E-state index in [1.54, 1.807) is 24.3 Å². The van der Waals surface area contributed by atoms with E-state index in [4.69, 9.17) is 4.74 Å². The Kier molecular flexibility index (Phi) is 6.07. The topological polar surface area (TPSA) is 83.9 Å². The summed E-state index contributed by atoms with van der Waals surface area (Å²) in [6.07, 6.45) is 0. The molecule has 8 heteroatoms. The third-order valence-corrected chi connectivity index (χ3v) is 5.92. The Labute approximate surface area is 155 Å². The van der Waals surface area contributed by atoms with E-state index < -0.39 is 22.0 Å². The summed E-state index contributed by atoms with van der Waals surface area (Å²) >= 11 is 3.25.